The topological polar surface area (TPSA) is 61.1 Å². The molecule has 1 N–H and O–H groups in total. The monoisotopic (exact) mass is 221 g/mol. The highest BCUT2D eigenvalue weighted by atomic mass is 32.1. The second-order valence-corrected chi connectivity index (χ2v) is 3.58. The minimum Gasteiger partial charge on any atom is -0.481 e. The lowest BCUT2D eigenvalue weighted by Crippen LogP contribution is -2.03. The van der Waals surface area contributed by atoms with E-state index >= 15 is 0 Å². The molecule has 1 rings (SSSR count). The van der Waals surface area contributed by atoms with E-state index in [0.717, 1.165) is 5.56 Å². The molecule has 0 saturated heterocycles. The highest BCUT2D eigenvalue weighted by Crippen LogP contribution is 2.23. The van der Waals surface area contributed by atoms with E-state index in [0.29, 0.717) is 22.4 Å². The largest absolute Gasteiger partial charge is 0.481 e. The number of rotatable bonds is 3. The molecule has 0 radical (unpaired) electrons. The van der Waals surface area contributed by atoms with Gasteiger partial charge in [-0.2, -0.15) is 5.26 Å². The summed E-state index contributed by atoms with van der Waals surface area (Å²) in [6.45, 7) is 1.92. The number of carboxylic acid groups (broad SMARTS) is 1. The lowest BCUT2D eigenvalue weighted by Gasteiger charge is -2.09. The normalized spacial score (nSPS) is 9.67. The van der Waals surface area contributed by atoms with Crippen molar-refractivity contribution in [3.05, 3.63) is 28.8 Å². The quantitative estimate of drug-likeness (QED) is 0.768. The molecule has 1 aromatic rings. The van der Waals surface area contributed by atoms with E-state index < -0.39 is 5.97 Å². The summed E-state index contributed by atoms with van der Waals surface area (Å²) in [4.78, 5) is 11.2. The van der Waals surface area contributed by atoms with E-state index in [4.69, 9.17) is 10.4 Å². The Balaban J connectivity index is 3.24. The zero-order valence-corrected chi connectivity index (χ0v) is 9.21. The lowest BCUT2D eigenvalue weighted by molar-refractivity contribution is -0.136. The molecule has 1 aromatic carbocycles. The Morgan fingerprint density at radius 3 is 2.73 bits per heavy atom. The maximum absolute atomic E-state index is 10.6. The molecule has 78 valence electrons. The smallest absolute Gasteiger partial charge is 0.307 e. The van der Waals surface area contributed by atoms with Crippen LogP contribution in [0.2, 0.25) is 0 Å². The molecule has 0 bridgehead atoms. The first-order valence-corrected chi connectivity index (χ1v) is 5.00. The molecule has 0 aliphatic carbocycles. The molecule has 0 unspecified atom stereocenters. The number of carboxylic acids is 1. The summed E-state index contributed by atoms with van der Waals surface area (Å²) in [5, 5.41) is 17.5. The number of hydrogen-bond donors (Lipinski definition) is 2. The van der Waals surface area contributed by atoms with E-state index in [2.05, 4.69) is 18.7 Å². The van der Waals surface area contributed by atoms with Gasteiger partial charge in [0.15, 0.2) is 0 Å². The van der Waals surface area contributed by atoms with Crippen molar-refractivity contribution in [2.24, 2.45) is 0 Å². The fourth-order valence-electron chi connectivity index (χ4n) is 1.45. The Hall–Kier alpha value is -1.47. The molecule has 0 saturated carbocycles. The first kappa shape index (κ1) is 11.6. The van der Waals surface area contributed by atoms with Crippen LogP contribution in [0.25, 0.3) is 0 Å². The molecule has 0 heterocycles. The Labute approximate surface area is 93.8 Å². The molecule has 0 fully saturated rings. The maximum atomic E-state index is 10.6. The number of aliphatic carboxylic acids is 1. The van der Waals surface area contributed by atoms with Gasteiger partial charge in [0.05, 0.1) is 18.1 Å². The Kier molecular flexibility index (Phi) is 3.75. The lowest BCUT2D eigenvalue weighted by atomic mass is 10.0. The van der Waals surface area contributed by atoms with Crippen LogP contribution in [0.5, 0.6) is 0 Å². The highest BCUT2D eigenvalue weighted by molar-refractivity contribution is 7.80. The number of nitrogens with zero attached hydrogens (tertiary/aromatic N) is 1. The van der Waals surface area contributed by atoms with Gasteiger partial charge in [-0.15, -0.1) is 12.6 Å². The van der Waals surface area contributed by atoms with Crippen LogP contribution in [-0.2, 0) is 17.6 Å². The predicted octanol–water partition coefficient (Wildman–Crippen LogP) is 2.04. The van der Waals surface area contributed by atoms with Gasteiger partial charge in [-0.1, -0.05) is 13.0 Å². The third-order valence-corrected chi connectivity index (χ3v) is 2.74. The molecule has 0 aliphatic rings. The summed E-state index contributed by atoms with van der Waals surface area (Å²) >= 11 is 4.28. The summed E-state index contributed by atoms with van der Waals surface area (Å²) in [5.74, 6) is -0.892. The number of thiol groups is 1. The fourth-order valence-corrected chi connectivity index (χ4v) is 1.89. The second-order valence-electron chi connectivity index (χ2n) is 3.14. The SMILES string of the molecule is CCc1c(C#N)ccc(CC(=O)O)c1S. The summed E-state index contributed by atoms with van der Waals surface area (Å²) in [5.41, 5.74) is 2.04. The summed E-state index contributed by atoms with van der Waals surface area (Å²) in [6, 6.07) is 5.37. The highest BCUT2D eigenvalue weighted by Gasteiger charge is 2.11. The van der Waals surface area contributed by atoms with Gasteiger partial charge in [-0.3, -0.25) is 4.79 Å². The van der Waals surface area contributed by atoms with Crippen molar-refractivity contribution in [3.63, 3.8) is 0 Å². The van der Waals surface area contributed by atoms with Crippen LogP contribution in [-0.4, -0.2) is 11.1 Å². The van der Waals surface area contributed by atoms with E-state index in [1.54, 1.807) is 12.1 Å². The number of nitriles is 1. The van der Waals surface area contributed by atoms with Crippen LogP contribution in [0.4, 0.5) is 0 Å². The summed E-state index contributed by atoms with van der Waals surface area (Å²) in [7, 11) is 0. The van der Waals surface area contributed by atoms with E-state index in [-0.39, 0.29) is 6.42 Å². The number of carbonyl (C=O) groups is 1. The van der Waals surface area contributed by atoms with Crippen molar-refractivity contribution in [3.8, 4) is 6.07 Å². The summed E-state index contributed by atoms with van der Waals surface area (Å²) in [6.07, 6.45) is 0.618. The minimum atomic E-state index is -0.892. The molecule has 15 heavy (non-hydrogen) atoms. The average Bonchev–Trinajstić information content (AvgIpc) is 2.20. The molecule has 0 aliphatic heterocycles. The van der Waals surface area contributed by atoms with E-state index in [1.165, 1.54) is 0 Å². The summed E-state index contributed by atoms with van der Waals surface area (Å²) < 4.78 is 0. The van der Waals surface area contributed by atoms with Crippen molar-refractivity contribution >= 4 is 18.6 Å². The average molecular weight is 221 g/mol. The molecule has 3 nitrogen and oxygen atoms in total. The Morgan fingerprint density at radius 1 is 1.60 bits per heavy atom. The van der Waals surface area contributed by atoms with Crippen molar-refractivity contribution < 1.29 is 9.90 Å². The molecule has 0 atom stereocenters. The van der Waals surface area contributed by atoms with Gasteiger partial charge in [0, 0.05) is 4.90 Å². The molecular weight excluding hydrogens is 210 g/mol. The third-order valence-electron chi connectivity index (χ3n) is 2.18. The van der Waals surface area contributed by atoms with Crippen molar-refractivity contribution in [1.29, 1.82) is 5.26 Å². The van der Waals surface area contributed by atoms with Gasteiger partial charge in [0.1, 0.15) is 0 Å². The van der Waals surface area contributed by atoms with E-state index in [1.807, 2.05) is 6.92 Å². The Morgan fingerprint density at radius 2 is 2.27 bits per heavy atom. The van der Waals surface area contributed by atoms with Crippen LogP contribution in [0.15, 0.2) is 17.0 Å². The van der Waals surface area contributed by atoms with Crippen LogP contribution < -0.4 is 0 Å². The van der Waals surface area contributed by atoms with E-state index in [9.17, 15) is 4.79 Å². The fraction of sp³-hybridized carbons (Fsp3) is 0.273. The zero-order valence-electron chi connectivity index (χ0n) is 8.32. The van der Waals surface area contributed by atoms with Gasteiger partial charge in [0.2, 0.25) is 0 Å². The molecule has 4 heteroatoms. The van der Waals surface area contributed by atoms with Gasteiger partial charge in [-0.25, -0.2) is 0 Å². The molecular formula is C11H11NO2S. The predicted molar refractivity (Wildman–Crippen MR) is 59.1 cm³/mol. The zero-order chi connectivity index (χ0) is 11.4. The first-order valence-electron chi connectivity index (χ1n) is 4.55. The molecule has 0 amide bonds. The molecule has 0 aromatic heterocycles. The minimum absolute atomic E-state index is 0.0580. The van der Waals surface area contributed by atoms with Crippen LogP contribution in [0.3, 0.4) is 0 Å². The van der Waals surface area contributed by atoms with Gasteiger partial charge in [0.25, 0.3) is 0 Å². The van der Waals surface area contributed by atoms with Crippen molar-refractivity contribution in [2.75, 3.05) is 0 Å². The number of hydrogen-bond acceptors (Lipinski definition) is 3. The van der Waals surface area contributed by atoms with Gasteiger partial charge >= 0.3 is 5.97 Å². The number of benzene rings is 1. The first-order chi connectivity index (χ1) is 7.10. The van der Waals surface area contributed by atoms with Crippen LogP contribution >= 0.6 is 12.6 Å². The van der Waals surface area contributed by atoms with Crippen molar-refractivity contribution in [2.45, 2.75) is 24.7 Å². The van der Waals surface area contributed by atoms with Crippen LogP contribution in [0, 0.1) is 11.3 Å². The van der Waals surface area contributed by atoms with Crippen molar-refractivity contribution in [1.82, 2.24) is 0 Å². The second kappa shape index (κ2) is 4.85. The molecule has 0 spiro atoms. The maximum Gasteiger partial charge on any atom is 0.307 e. The Bertz CT molecular complexity index is 435. The van der Waals surface area contributed by atoms with Gasteiger partial charge in [-0.05, 0) is 23.6 Å². The van der Waals surface area contributed by atoms with Crippen LogP contribution in [0.1, 0.15) is 23.6 Å². The third kappa shape index (κ3) is 2.51. The van der Waals surface area contributed by atoms with Gasteiger partial charge < -0.3 is 5.11 Å². The standard InChI is InChI=1S/C11H11NO2S/c1-2-9-8(6-12)4-3-7(11(9)15)5-10(13)14/h3-4,15H,2,5H2,1H3,(H,13,14).